The molecule has 0 aromatic carbocycles. The van der Waals surface area contributed by atoms with Gasteiger partial charge in [0, 0.05) is 0 Å². The summed E-state index contributed by atoms with van der Waals surface area (Å²) < 4.78 is 0. The van der Waals surface area contributed by atoms with Crippen molar-refractivity contribution >= 4 is 55.6 Å². The second-order valence-electron chi connectivity index (χ2n) is 1.52. The standard InChI is InChI=1S/C4H6O3.CH2O3.Ca/c1-3(5)2-4(6)7;2-1(3)4;/h2H2,1H3,(H,6,7);(H2,2,3,4);/q;;+2/p-2. The quantitative estimate of drug-likeness (QED) is 0.382. The van der Waals surface area contributed by atoms with Crippen molar-refractivity contribution in [2.75, 3.05) is 0 Å². The Morgan fingerprint density at radius 1 is 1.25 bits per heavy atom. The summed E-state index contributed by atoms with van der Waals surface area (Å²) in [7, 11) is 0. The van der Waals surface area contributed by atoms with Crippen LogP contribution in [0.3, 0.4) is 0 Å². The van der Waals surface area contributed by atoms with Gasteiger partial charge in [-0.3, -0.25) is 9.59 Å². The molecular weight excluding hydrogens is 196 g/mol. The Morgan fingerprint density at radius 2 is 1.50 bits per heavy atom. The number of ketones is 1. The van der Waals surface area contributed by atoms with E-state index in [0.29, 0.717) is 0 Å². The van der Waals surface area contributed by atoms with Crippen molar-refractivity contribution in [2.45, 2.75) is 13.3 Å². The Bertz CT molecular complexity index is 149. The summed E-state index contributed by atoms with van der Waals surface area (Å²) in [4.78, 5) is 27.8. The van der Waals surface area contributed by atoms with Gasteiger partial charge in [0.2, 0.25) is 0 Å². The molecule has 0 atom stereocenters. The third-order valence-corrected chi connectivity index (χ3v) is 0.400. The van der Waals surface area contributed by atoms with Crippen LogP contribution in [0.5, 0.6) is 0 Å². The number of carbonyl (C=O) groups excluding carboxylic acids is 2. The molecule has 0 aliphatic heterocycles. The summed E-state index contributed by atoms with van der Waals surface area (Å²) in [5.41, 5.74) is 0. The van der Waals surface area contributed by atoms with Crippen molar-refractivity contribution in [3.8, 4) is 0 Å². The molecule has 0 bridgehead atoms. The SMILES string of the molecule is CC(=O)CC(=O)O.O=C([O-])[O-].[Ca+2]. The minimum Gasteiger partial charge on any atom is -0.652 e. The third kappa shape index (κ3) is 54.0. The molecule has 0 fully saturated rings. The second-order valence-corrected chi connectivity index (χ2v) is 1.52. The fourth-order valence-electron chi connectivity index (χ4n) is 0.213. The van der Waals surface area contributed by atoms with Crippen LogP contribution in [0, 0.1) is 0 Å². The van der Waals surface area contributed by atoms with Gasteiger partial charge in [0.25, 0.3) is 0 Å². The molecule has 0 aromatic heterocycles. The molecule has 0 rings (SSSR count). The summed E-state index contributed by atoms with van der Waals surface area (Å²) >= 11 is 0. The van der Waals surface area contributed by atoms with Crippen LogP contribution < -0.4 is 10.2 Å². The largest absolute Gasteiger partial charge is 2.00 e. The van der Waals surface area contributed by atoms with Gasteiger partial charge in [0.1, 0.15) is 12.2 Å². The van der Waals surface area contributed by atoms with Crippen molar-refractivity contribution in [2.24, 2.45) is 0 Å². The van der Waals surface area contributed by atoms with E-state index in [0.717, 1.165) is 0 Å². The van der Waals surface area contributed by atoms with Crippen molar-refractivity contribution in [1.82, 2.24) is 0 Å². The fourth-order valence-corrected chi connectivity index (χ4v) is 0.213. The van der Waals surface area contributed by atoms with Crippen molar-refractivity contribution in [3.05, 3.63) is 0 Å². The van der Waals surface area contributed by atoms with Gasteiger partial charge in [-0.1, -0.05) is 0 Å². The molecule has 0 aromatic rings. The third-order valence-electron chi connectivity index (χ3n) is 0.400. The summed E-state index contributed by atoms with van der Waals surface area (Å²) in [6.45, 7) is 1.24. The maximum atomic E-state index is 9.87. The molecule has 7 heteroatoms. The molecule has 0 radical (unpaired) electrons. The normalized spacial score (nSPS) is 6.75. The first kappa shape index (κ1) is 17.7. The number of carbonyl (C=O) groups is 3. The van der Waals surface area contributed by atoms with Gasteiger partial charge in [0.15, 0.2) is 0 Å². The van der Waals surface area contributed by atoms with E-state index in [2.05, 4.69) is 0 Å². The monoisotopic (exact) mass is 202 g/mol. The Kier molecular flexibility index (Phi) is 15.7. The van der Waals surface area contributed by atoms with Crippen LogP contribution in [0.4, 0.5) is 4.79 Å². The zero-order valence-electron chi connectivity index (χ0n) is 6.40. The number of rotatable bonds is 2. The molecule has 0 amide bonds. The van der Waals surface area contributed by atoms with Gasteiger partial charge in [-0.25, -0.2) is 0 Å². The zero-order chi connectivity index (χ0) is 9.44. The number of hydrogen-bond acceptors (Lipinski definition) is 5. The number of carboxylic acids is 1. The second kappa shape index (κ2) is 10.7. The van der Waals surface area contributed by atoms with E-state index in [-0.39, 0.29) is 49.9 Å². The number of hydrogen-bond donors (Lipinski definition) is 1. The molecule has 12 heavy (non-hydrogen) atoms. The Labute approximate surface area is 98.2 Å². The molecule has 0 heterocycles. The predicted molar refractivity (Wildman–Crippen MR) is 34.1 cm³/mol. The van der Waals surface area contributed by atoms with E-state index in [1.54, 1.807) is 0 Å². The molecule has 0 aliphatic rings. The average molecular weight is 202 g/mol. The van der Waals surface area contributed by atoms with Gasteiger partial charge >= 0.3 is 43.7 Å². The summed E-state index contributed by atoms with van der Waals surface area (Å²) in [6, 6.07) is 0. The number of carboxylic acid groups (broad SMARTS) is 3. The summed E-state index contributed by atoms with van der Waals surface area (Å²) in [5, 5.41) is 24.5. The molecular formula is C5H6CaO6. The van der Waals surface area contributed by atoms with E-state index in [1.807, 2.05) is 0 Å². The zero-order valence-corrected chi connectivity index (χ0v) is 8.61. The summed E-state index contributed by atoms with van der Waals surface area (Å²) in [6.07, 6.45) is -2.69. The van der Waals surface area contributed by atoms with E-state index in [4.69, 9.17) is 20.1 Å². The molecule has 6 nitrogen and oxygen atoms in total. The molecule has 1 N–H and O–H groups in total. The first-order chi connectivity index (χ1) is 4.86. The Hall–Kier alpha value is -0.330. The molecule has 0 aliphatic carbocycles. The van der Waals surface area contributed by atoms with Gasteiger partial charge in [-0.2, -0.15) is 0 Å². The van der Waals surface area contributed by atoms with Gasteiger partial charge in [-0.05, 0) is 13.1 Å². The molecule has 0 spiro atoms. The molecule has 0 unspecified atom stereocenters. The van der Waals surface area contributed by atoms with Crippen LogP contribution in [-0.4, -0.2) is 60.8 Å². The average Bonchev–Trinajstić information content (AvgIpc) is 1.56. The van der Waals surface area contributed by atoms with Crippen LogP contribution >= 0.6 is 0 Å². The maximum absolute atomic E-state index is 9.87. The van der Waals surface area contributed by atoms with E-state index < -0.39 is 12.1 Å². The predicted octanol–water partition coefficient (Wildman–Crippen LogP) is -2.78. The summed E-state index contributed by atoms with van der Waals surface area (Å²) in [5.74, 6) is -1.37. The van der Waals surface area contributed by atoms with Crippen molar-refractivity contribution in [1.29, 1.82) is 0 Å². The van der Waals surface area contributed by atoms with Crippen LogP contribution in [0.1, 0.15) is 13.3 Å². The van der Waals surface area contributed by atoms with Crippen LogP contribution in [0.2, 0.25) is 0 Å². The van der Waals surface area contributed by atoms with E-state index >= 15 is 0 Å². The van der Waals surface area contributed by atoms with E-state index in [9.17, 15) is 9.59 Å². The number of aliphatic carboxylic acids is 1. The molecule has 0 saturated heterocycles. The van der Waals surface area contributed by atoms with Crippen molar-refractivity contribution < 1.29 is 29.7 Å². The van der Waals surface area contributed by atoms with Crippen LogP contribution in [0.25, 0.3) is 0 Å². The van der Waals surface area contributed by atoms with E-state index in [1.165, 1.54) is 6.92 Å². The van der Waals surface area contributed by atoms with Crippen molar-refractivity contribution in [3.63, 3.8) is 0 Å². The molecule has 0 saturated carbocycles. The van der Waals surface area contributed by atoms with Crippen LogP contribution in [-0.2, 0) is 9.59 Å². The molecule has 64 valence electrons. The number of Topliss-reactive ketones (excluding diaryl/α,β-unsaturated/α-hetero) is 1. The van der Waals surface area contributed by atoms with Gasteiger partial charge in [0.05, 0.1) is 0 Å². The maximum Gasteiger partial charge on any atom is 2.00 e. The van der Waals surface area contributed by atoms with Gasteiger partial charge < -0.3 is 20.1 Å². The Morgan fingerprint density at radius 3 is 1.50 bits per heavy atom. The first-order valence-electron chi connectivity index (χ1n) is 2.45. The topological polar surface area (TPSA) is 118 Å². The minimum absolute atomic E-state index is 0. The minimum atomic E-state index is -2.33. The van der Waals surface area contributed by atoms with Crippen LogP contribution in [0.15, 0.2) is 0 Å². The smallest absolute Gasteiger partial charge is 0.652 e. The fraction of sp³-hybridized carbons (Fsp3) is 0.400. The first-order valence-corrected chi connectivity index (χ1v) is 2.45. The Balaban J connectivity index is -0.000000142. The van der Waals surface area contributed by atoms with Gasteiger partial charge in [-0.15, -0.1) is 0 Å².